The van der Waals surface area contributed by atoms with Crippen LogP contribution in [-0.2, 0) is 33.5 Å². The average Bonchev–Trinajstić information content (AvgIpc) is 3.55. The van der Waals surface area contributed by atoms with Gasteiger partial charge in [0.1, 0.15) is 11.2 Å². The minimum Gasteiger partial charge on any atom is -0.358 e. The van der Waals surface area contributed by atoms with E-state index in [2.05, 4.69) is 60.7 Å². The van der Waals surface area contributed by atoms with E-state index < -0.39 is 0 Å². The largest absolute Gasteiger partial charge is 0.358 e. The molecule has 2 fully saturated rings. The number of aryl methyl sites for hydroxylation is 2. The van der Waals surface area contributed by atoms with Crippen molar-refractivity contribution in [3.05, 3.63) is 94.1 Å². The number of ether oxygens (including phenoxy) is 2. The van der Waals surface area contributed by atoms with Crippen molar-refractivity contribution in [2.75, 3.05) is 0 Å². The fraction of sp³-hybridized carbons (Fsp3) is 0.333. The summed E-state index contributed by atoms with van der Waals surface area (Å²) in [5.41, 5.74) is 8.00. The van der Waals surface area contributed by atoms with Crippen LogP contribution in [0.25, 0.3) is 10.8 Å². The van der Waals surface area contributed by atoms with Crippen LogP contribution < -0.4 is 0 Å². The van der Waals surface area contributed by atoms with Crippen molar-refractivity contribution in [3.8, 4) is 0 Å². The molecule has 2 aliphatic carbocycles. The van der Waals surface area contributed by atoms with Crippen molar-refractivity contribution in [1.82, 2.24) is 0 Å². The summed E-state index contributed by atoms with van der Waals surface area (Å²) in [5, 5.41) is 2.65. The van der Waals surface area contributed by atoms with Gasteiger partial charge in [-0.05, 0) is 69.5 Å². The molecule has 0 N–H and O–H groups in total. The molecular formula is C27H20O2. The number of rotatable bonds is 0. The molecule has 0 radical (unpaired) electrons. The zero-order valence-corrected chi connectivity index (χ0v) is 16.0. The van der Waals surface area contributed by atoms with E-state index in [-0.39, 0.29) is 23.4 Å². The summed E-state index contributed by atoms with van der Waals surface area (Å²) in [6.07, 6.45) is 8.72. The van der Waals surface area contributed by atoms with Gasteiger partial charge < -0.3 is 9.47 Å². The van der Waals surface area contributed by atoms with Crippen LogP contribution in [0.4, 0.5) is 0 Å². The Kier molecular flexibility index (Phi) is 2.11. The quantitative estimate of drug-likeness (QED) is 0.510. The van der Waals surface area contributed by atoms with Crippen molar-refractivity contribution in [2.24, 2.45) is 11.8 Å². The molecule has 6 atom stereocenters. The van der Waals surface area contributed by atoms with Gasteiger partial charge in [0.15, 0.2) is 0 Å². The van der Waals surface area contributed by atoms with Gasteiger partial charge in [-0.1, -0.05) is 54.6 Å². The van der Waals surface area contributed by atoms with Gasteiger partial charge in [-0.3, -0.25) is 0 Å². The molecule has 3 aromatic carbocycles. The Morgan fingerprint density at radius 3 is 2.59 bits per heavy atom. The highest BCUT2D eigenvalue weighted by Gasteiger charge is 2.77. The highest BCUT2D eigenvalue weighted by Crippen LogP contribution is 2.76. The number of hydrogen-bond donors (Lipinski definition) is 0. The normalized spacial score (nSPS) is 40.6. The highest BCUT2D eigenvalue weighted by molar-refractivity contribution is 5.93. The second-order valence-electron chi connectivity index (χ2n) is 9.83. The molecule has 29 heavy (non-hydrogen) atoms. The first kappa shape index (κ1) is 14.5. The topological polar surface area (TPSA) is 18.5 Å². The van der Waals surface area contributed by atoms with Gasteiger partial charge in [0, 0.05) is 11.8 Å². The fourth-order valence-electron chi connectivity index (χ4n) is 8.05. The van der Waals surface area contributed by atoms with Gasteiger partial charge >= 0.3 is 0 Å². The molecule has 9 rings (SSSR count). The number of hydrogen-bond acceptors (Lipinski definition) is 2. The van der Waals surface area contributed by atoms with E-state index in [0.29, 0.717) is 11.8 Å². The van der Waals surface area contributed by atoms with E-state index in [1.807, 2.05) is 0 Å². The van der Waals surface area contributed by atoms with Crippen LogP contribution in [0.2, 0.25) is 0 Å². The zero-order valence-electron chi connectivity index (χ0n) is 16.0. The number of benzene rings is 3. The van der Waals surface area contributed by atoms with Crippen molar-refractivity contribution in [1.29, 1.82) is 0 Å². The lowest BCUT2D eigenvalue weighted by Gasteiger charge is -2.47. The third-order valence-electron chi connectivity index (χ3n) is 8.89. The second-order valence-corrected chi connectivity index (χ2v) is 9.83. The minimum atomic E-state index is -0.365. The van der Waals surface area contributed by atoms with E-state index in [9.17, 15) is 0 Å². The predicted molar refractivity (Wildman–Crippen MR) is 110 cm³/mol. The summed E-state index contributed by atoms with van der Waals surface area (Å²) in [4.78, 5) is 0. The molecular weight excluding hydrogens is 356 g/mol. The van der Waals surface area contributed by atoms with E-state index in [1.54, 1.807) is 11.1 Å². The lowest BCUT2D eigenvalue weighted by molar-refractivity contribution is -0.0922. The molecule has 2 saturated heterocycles. The molecule has 140 valence electrons. The molecule has 0 saturated carbocycles. The lowest BCUT2D eigenvalue weighted by atomic mass is 9.54. The molecule has 4 heterocycles. The Hall–Kier alpha value is -2.42. The molecule has 4 bridgehead atoms. The van der Waals surface area contributed by atoms with Crippen LogP contribution in [0.15, 0.2) is 60.7 Å². The molecule has 2 spiro atoms. The first-order valence-corrected chi connectivity index (χ1v) is 11.1. The molecule has 4 aliphatic heterocycles. The lowest BCUT2D eigenvalue weighted by Crippen LogP contribution is -2.49. The van der Waals surface area contributed by atoms with Crippen LogP contribution in [0.1, 0.15) is 45.9 Å². The summed E-state index contributed by atoms with van der Waals surface area (Å²) in [7, 11) is 0. The Balaban J connectivity index is 1.50. The maximum Gasteiger partial charge on any atom is 0.127 e. The highest BCUT2D eigenvalue weighted by atomic mass is 16.6. The molecule has 2 nitrogen and oxygen atoms in total. The second kappa shape index (κ2) is 4.21. The molecule has 3 aromatic rings. The monoisotopic (exact) mass is 376 g/mol. The SMILES string of the molecule is C1=C[C@]23O[C@H]1C1C2[C@@]2(O[C@H]1c1cc4c(cc12)CCC4)c1cccc2cccc3c12. The first-order valence-electron chi connectivity index (χ1n) is 11.1. The van der Waals surface area contributed by atoms with Crippen LogP contribution in [-0.4, -0.2) is 6.10 Å². The summed E-state index contributed by atoms with van der Waals surface area (Å²) >= 11 is 0. The number of fused-ring (bicyclic) bond motifs is 7. The summed E-state index contributed by atoms with van der Waals surface area (Å²) < 4.78 is 14.0. The van der Waals surface area contributed by atoms with Gasteiger partial charge in [-0.25, -0.2) is 0 Å². The van der Waals surface area contributed by atoms with Gasteiger partial charge in [0.05, 0.1) is 12.2 Å². The fourth-order valence-corrected chi connectivity index (χ4v) is 8.05. The van der Waals surface area contributed by atoms with E-state index in [0.717, 1.165) is 0 Å². The van der Waals surface area contributed by atoms with Crippen LogP contribution in [0, 0.1) is 11.8 Å². The predicted octanol–water partition coefficient (Wildman–Crippen LogP) is 5.07. The smallest absolute Gasteiger partial charge is 0.127 e. The van der Waals surface area contributed by atoms with E-state index >= 15 is 0 Å². The zero-order chi connectivity index (χ0) is 18.5. The van der Waals surface area contributed by atoms with Gasteiger partial charge in [-0.2, -0.15) is 0 Å². The van der Waals surface area contributed by atoms with E-state index in [1.165, 1.54) is 52.3 Å². The average molecular weight is 376 g/mol. The molecule has 0 amide bonds. The Labute approximate surface area is 169 Å². The molecule has 2 heteroatoms. The molecule has 0 aromatic heterocycles. The summed E-state index contributed by atoms with van der Waals surface area (Å²) in [6, 6.07) is 18.5. The third-order valence-corrected chi connectivity index (χ3v) is 8.89. The van der Waals surface area contributed by atoms with Gasteiger partial charge in [0.25, 0.3) is 0 Å². The van der Waals surface area contributed by atoms with Crippen LogP contribution in [0.3, 0.4) is 0 Å². The maximum absolute atomic E-state index is 7.15. The van der Waals surface area contributed by atoms with Gasteiger partial charge in [0.2, 0.25) is 0 Å². The van der Waals surface area contributed by atoms with Crippen molar-refractivity contribution in [3.63, 3.8) is 0 Å². The van der Waals surface area contributed by atoms with Crippen molar-refractivity contribution >= 4 is 10.8 Å². The van der Waals surface area contributed by atoms with Crippen LogP contribution >= 0.6 is 0 Å². The Bertz CT molecular complexity index is 1330. The minimum absolute atomic E-state index is 0.155. The van der Waals surface area contributed by atoms with Crippen molar-refractivity contribution in [2.45, 2.75) is 42.7 Å². The maximum atomic E-state index is 7.15. The molecule has 2 unspecified atom stereocenters. The molecule has 6 aliphatic rings. The van der Waals surface area contributed by atoms with Gasteiger partial charge in [-0.15, -0.1) is 0 Å². The summed E-state index contributed by atoms with van der Waals surface area (Å²) in [6.45, 7) is 0. The van der Waals surface area contributed by atoms with Crippen molar-refractivity contribution < 1.29 is 9.47 Å². The Morgan fingerprint density at radius 1 is 0.862 bits per heavy atom. The van der Waals surface area contributed by atoms with Crippen LogP contribution in [0.5, 0.6) is 0 Å². The first-order chi connectivity index (χ1) is 14.3. The Morgan fingerprint density at radius 2 is 1.69 bits per heavy atom. The third kappa shape index (κ3) is 1.28. The standard InChI is InChI=1S/C27H20O2/c1-6-15-12-17-20(13-16(15)7-1)27-19-9-3-5-14-4-2-8-18(22(14)19)26-11-10-21(28-26)23(25(26)27)24(17)29-27/h2-5,8-13,21,23-25H,1,6-7H2/t21-,23?,24+,25?,26-,27-/m1/s1. The van der Waals surface area contributed by atoms with E-state index in [4.69, 9.17) is 9.47 Å². The summed E-state index contributed by atoms with van der Waals surface area (Å²) in [5.74, 6) is 0.748.